The van der Waals surface area contributed by atoms with Crippen LogP contribution >= 0.6 is 0 Å². The van der Waals surface area contributed by atoms with E-state index in [4.69, 9.17) is 9.84 Å². The topological polar surface area (TPSA) is 95.9 Å². The van der Waals surface area contributed by atoms with E-state index in [1.165, 1.54) is 0 Å². The molecule has 1 aromatic rings. The monoisotopic (exact) mass is 317 g/mol. The smallest absolute Gasteiger partial charge is 0.412 e. The highest BCUT2D eigenvalue weighted by atomic mass is 19.3. The number of benzene rings is 1. The van der Waals surface area contributed by atoms with Gasteiger partial charge in [-0.3, -0.25) is 10.1 Å². The van der Waals surface area contributed by atoms with Gasteiger partial charge in [-0.15, -0.1) is 0 Å². The minimum atomic E-state index is -3.63. The fourth-order valence-corrected chi connectivity index (χ4v) is 1.57. The third-order valence-electron chi connectivity index (χ3n) is 2.43. The number of rotatable bonds is 4. The molecule has 1 aromatic carbocycles. The molecule has 1 rings (SSSR count). The number of carboxylic acids is 1. The lowest BCUT2D eigenvalue weighted by Crippen LogP contribution is -2.27. The number of amides is 1. The van der Waals surface area contributed by atoms with Crippen LogP contribution in [0.15, 0.2) is 18.2 Å². The summed E-state index contributed by atoms with van der Waals surface area (Å²) < 4.78 is 32.2. The van der Waals surface area contributed by atoms with Crippen molar-refractivity contribution in [1.82, 2.24) is 0 Å². The number of aliphatic carboxylic acids is 1. The number of aromatic hydroxyl groups is 1. The van der Waals surface area contributed by atoms with Crippen LogP contribution in [0.4, 0.5) is 19.3 Å². The SMILES string of the molecule is CC(C)(C)OC(=O)Nc1ccc(C(F)(F)CC(=O)O)cc1O. The lowest BCUT2D eigenvalue weighted by molar-refractivity contribution is -0.145. The summed E-state index contributed by atoms with van der Waals surface area (Å²) >= 11 is 0. The van der Waals surface area contributed by atoms with Crippen LogP contribution in [0.2, 0.25) is 0 Å². The second kappa shape index (κ2) is 6.17. The molecule has 0 aromatic heterocycles. The van der Waals surface area contributed by atoms with Crippen molar-refractivity contribution in [3.63, 3.8) is 0 Å². The van der Waals surface area contributed by atoms with Gasteiger partial charge in [0.15, 0.2) is 0 Å². The molecule has 122 valence electrons. The lowest BCUT2D eigenvalue weighted by atomic mass is 10.0. The third-order valence-corrected chi connectivity index (χ3v) is 2.43. The molecule has 0 fully saturated rings. The number of phenolic OH excluding ortho intramolecular Hbond substituents is 1. The summed E-state index contributed by atoms with van der Waals surface area (Å²) in [5.74, 6) is -5.91. The molecule has 22 heavy (non-hydrogen) atoms. The van der Waals surface area contributed by atoms with Crippen molar-refractivity contribution in [1.29, 1.82) is 0 Å². The van der Waals surface area contributed by atoms with Crippen molar-refractivity contribution in [3.05, 3.63) is 23.8 Å². The van der Waals surface area contributed by atoms with Gasteiger partial charge in [0.05, 0.1) is 5.69 Å². The summed E-state index contributed by atoms with van der Waals surface area (Å²) in [6.45, 7) is 4.92. The minimum absolute atomic E-state index is 0.121. The first-order valence-corrected chi connectivity index (χ1v) is 6.34. The van der Waals surface area contributed by atoms with Crippen LogP contribution in [0.5, 0.6) is 5.75 Å². The van der Waals surface area contributed by atoms with E-state index in [2.05, 4.69) is 5.32 Å². The second-order valence-corrected chi connectivity index (χ2v) is 5.63. The Kier molecular flexibility index (Phi) is 4.95. The van der Waals surface area contributed by atoms with E-state index < -0.39 is 41.3 Å². The van der Waals surface area contributed by atoms with Gasteiger partial charge >= 0.3 is 12.1 Å². The molecule has 0 bridgehead atoms. The number of carbonyl (C=O) groups excluding carboxylic acids is 1. The molecular formula is C14H17F2NO5. The van der Waals surface area contributed by atoms with Crippen molar-refractivity contribution < 1.29 is 33.3 Å². The number of carboxylic acid groups (broad SMARTS) is 1. The van der Waals surface area contributed by atoms with E-state index in [0.29, 0.717) is 6.07 Å². The Hall–Kier alpha value is -2.38. The molecule has 0 saturated carbocycles. The maximum absolute atomic E-state index is 13.6. The largest absolute Gasteiger partial charge is 0.506 e. The highest BCUT2D eigenvalue weighted by molar-refractivity contribution is 5.87. The van der Waals surface area contributed by atoms with E-state index >= 15 is 0 Å². The van der Waals surface area contributed by atoms with Gasteiger partial charge in [0.1, 0.15) is 17.8 Å². The molecule has 1 amide bonds. The number of hydrogen-bond acceptors (Lipinski definition) is 4. The van der Waals surface area contributed by atoms with Gasteiger partial charge in [-0.05, 0) is 32.9 Å². The fourth-order valence-electron chi connectivity index (χ4n) is 1.57. The highest BCUT2D eigenvalue weighted by Crippen LogP contribution is 2.36. The Morgan fingerprint density at radius 3 is 2.32 bits per heavy atom. The Bertz CT molecular complexity index is 581. The Morgan fingerprint density at radius 2 is 1.86 bits per heavy atom. The zero-order valence-electron chi connectivity index (χ0n) is 12.3. The highest BCUT2D eigenvalue weighted by Gasteiger charge is 2.35. The Morgan fingerprint density at radius 1 is 1.27 bits per heavy atom. The summed E-state index contributed by atoms with van der Waals surface area (Å²) in [5, 5.41) is 20.3. The average molecular weight is 317 g/mol. The number of alkyl halides is 2. The number of nitrogens with one attached hydrogen (secondary N) is 1. The van der Waals surface area contributed by atoms with Crippen molar-refractivity contribution >= 4 is 17.7 Å². The molecule has 0 heterocycles. The maximum atomic E-state index is 13.6. The molecule has 0 unspecified atom stereocenters. The molecule has 0 aliphatic heterocycles. The van der Waals surface area contributed by atoms with Gasteiger partial charge in [0.2, 0.25) is 0 Å². The van der Waals surface area contributed by atoms with E-state index in [0.717, 1.165) is 12.1 Å². The van der Waals surface area contributed by atoms with Crippen LogP contribution in [0, 0.1) is 0 Å². The van der Waals surface area contributed by atoms with Gasteiger partial charge in [-0.2, -0.15) is 0 Å². The molecule has 0 aliphatic rings. The maximum Gasteiger partial charge on any atom is 0.412 e. The predicted octanol–water partition coefficient (Wildman–Crippen LogP) is 3.31. The zero-order valence-corrected chi connectivity index (χ0v) is 12.3. The predicted molar refractivity (Wildman–Crippen MR) is 74.1 cm³/mol. The van der Waals surface area contributed by atoms with Crippen LogP contribution < -0.4 is 5.32 Å². The number of anilines is 1. The number of hydrogen-bond donors (Lipinski definition) is 3. The lowest BCUT2D eigenvalue weighted by Gasteiger charge is -2.20. The Labute approximate surface area is 125 Å². The van der Waals surface area contributed by atoms with Gasteiger partial charge in [0, 0.05) is 5.56 Å². The molecule has 3 N–H and O–H groups in total. The number of halogens is 2. The second-order valence-electron chi connectivity index (χ2n) is 5.63. The van der Waals surface area contributed by atoms with Gasteiger partial charge in [-0.25, -0.2) is 13.6 Å². The van der Waals surface area contributed by atoms with Gasteiger partial charge < -0.3 is 14.9 Å². The van der Waals surface area contributed by atoms with E-state index in [1.54, 1.807) is 20.8 Å². The fraction of sp³-hybridized carbons (Fsp3) is 0.429. The van der Waals surface area contributed by atoms with Crippen LogP contribution in [0.1, 0.15) is 32.8 Å². The molecular weight excluding hydrogens is 300 g/mol. The first-order valence-electron chi connectivity index (χ1n) is 6.34. The van der Waals surface area contributed by atoms with Crippen LogP contribution in [-0.2, 0) is 15.5 Å². The molecule has 0 atom stereocenters. The molecule has 0 saturated heterocycles. The summed E-state index contributed by atoms with van der Waals surface area (Å²) in [6, 6.07) is 2.68. The van der Waals surface area contributed by atoms with Crippen LogP contribution in [0.3, 0.4) is 0 Å². The number of carbonyl (C=O) groups is 2. The average Bonchev–Trinajstić information content (AvgIpc) is 2.27. The summed E-state index contributed by atoms with van der Waals surface area (Å²) in [6.07, 6.45) is -2.25. The van der Waals surface area contributed by atoms with Crippen molar-refractivity contribution in [2.24, 2.45) is 0 Å². The summed E-state index contributed by atoms with van der Waals surface area (Å²) in [7, 11) is 0. The Balaban J connectivity index is 2.91. The minimum Gasteiger partial charge on any atom is -0.506 e. The van der Waals surface area contributed by atoms with Crippen molar-refractivity contribution in [2.75, 3.05) is 5.32 Å². The molecule has 8 heteroatoms. The summed E-state index contributed by atoms with van der Waals surface area (Å²) in [5.41, 5.74) is -1.54. The standard InChI is InChI=1S/C14H17F2NO5/c1-13(2,3)22-12(21)17-9-5-4-8(6-10(9)18)14(15,16)7-11(19)20/h4-6,18H,7H2,1-3H3,(H,17,21)(H,19,20). The quantitative estimate of drug-likeness (QED) is 0.740. The van der Waals surface area contributed by atoms with Crippen molar-refractivity contribution in [3.8, 4) is 5.75 Å². The molecule has 6 nitrogen and oxygen atoms in total. The summed E-state index contributed by atoms with van der Waals surface area (Å²) in [4.78, 5) is 21.9. The number of ether oxygens (including phenoxy) is 1. The van der Waals surface area contributed by atoms with Gasteiger partial charge in [-0.1, -0.05) is 6.07 Å². The number of phenols is 1. The van der Waals surface area contributed by atoms with E-state index in [-0.39, 0.29) is 5.69 Å². The first kappa shape index (κ1) is 17.7. The van der Waals surface area contributed by atoms with E-state index in [1.807, 2.05) is 0 Å². The molecule has 0 radical (unpaired) electrons. The molecule has 0 spiro atoms. The van der Waals surface area contributed by atoms with Crippen molar-refractivity contribution in [2.45, 2.75) is 38.7 Å². The van der Waals surface area contributed by atoms with Gasteiger partial charge in [0.25, 0.3) is 5.92 Å². The van der Waals surface area contributed by atoms with E-state index in [9.17, 15) is 23.5 Å². The van der Waals surface area contributed by atoms with Crippen LogP contribution in [0.25, 0.3) is 0 Å². The third kappa shape index (κ3) is 5.19. The molecule has 0 aliphatic carbocycles. The first-order chi connectivity index (χ1) is 9.90. The van der Waals surface area contributed by atoms with Crippen LogP contribution in [-0.4, -0.2) is 27.9 Å². The zero-order chi connectivity index (χ0) is 17.1. The normalized spacial score (nSPS) is 11.9.